The van der Waals surface area contributed by atoms with Crippen molar-refractivity contribution in [1.29, 1.82) is 0 Å². The summed E-state index contributed by atoms with van der Waals surface area (Å²) in [5, 5.41) is 1.59. The summed E-state index contributed by atoms with van der Waals surface area (Å²) in [7, 11) is 0. The minimum absolute atomic E-state index is 0.0318. The maximum absolute atomic E-state index is 12.8. The van der Waals surface area contributed by atoms with Gasteiger partial charge in [0.15, 0.2) is 0 Å². The molecule has 0 aliphatic heterocycles. The topological polar surface area (TPSA) is 71.2 Å². The summed E-state index contributed by atoms with van der Waals surface area (Å²) < 4.78 is 54.4. The Bertz CT molecular complexity index is 514. The Morgan fingerprint density at radius 1 is 1.45 bits per heavy atom. The lowest BCUT2D eigenvalue weighted by atomic mass is 10.2. The molecule has 0 atom stereocenters. The highest BCUT2D eigenvalue weighted by atomic mass is 19.3. The van der Waals surface area contributed by atoms with Crippen molar-refractivity contribution in [3.63, 3.8) is 0 Å². The predicted octanol–water partition coefficient (Wildman–Crippen LogP) is 2.34. The zero-order chi connectivity index (χ0) is 15.5. The first-order valence-corrected chi connectivity index (χ1v) is 5.54. The van der Waals surface area contributed by atoms with E-state index in [-0.39, 0.29) is 23.6 Å². The van der Waals surface area contributed by atoms with E-state index >= 15 is 0 Å². The van der Waals surface area contributed by atoms with Gasteiger partial charge in [-0.25, -0.2) is 13.6 Å². The average Bonchev–Trinajstić information content (AvgIpc) is 2.70. The molecule has 1 amide bonds. The quantitative estimate of drug-likeness (QED) is 0.647. The SMILES string of the molecule is CCOC(=O)c1c(NC(=O)C(F)(F)C(F)F)c[nH]c1C. The number of hydrogen-bond acceptors (Lipinski definition) is 3. The van der Waals surface area contributed by atoms with Crippen molar-refractivity contribution in [1.82, 2.24) is 4.98 Å². The molecule has 0 aliphatic rings. The van der Waals surface area contributed by atoms with Crippen molar-refractivity contribution in [2.45, 2.75) is 26.2 Å². The number of aromatic nitrogens is 1. The summed E-state index contributed by atoms with van der Waals surface area (Å²) in [6, 6.07) is 0. The minimum atomic E-state index is -4.85. The number of anilines is 1. The van der Waals surface area contributed by atoms with Gasteiger partial charge in [0.25, 0.3) is 0 Å². The van der Waals surface area contributed by atoms with Gasteiger partial charge in [0.2, 0.25) is 0 Å². The van der Waals surface area contributed by atoms with Gasteiger partial charge in [-0.1, -0.05) is 0 Å². The molecule has 1 heterocycles. The van der Waals surface area contributed by atoms with Crippen molar-refractivity contribution in [3.8, 4) is 0 Å². The fourth-order valence-electron chi connectivity index (χ4n) is 1.40. The normalized spacial score (nSPS) is 11.6. The second kappa shape index (κ2) is 5.93. The number of aromatic amines is 1. The molecule has 0 saturated heterocycles. The Labute approximate surface area is 111 Å². The maximum atomic E-state index is 12.8. The number of nitrogens with one attached hydrogen (secondary N) is 2. The molecular weight excluding hydrogens is 284 g/mol. The summed E-state index contributed by atoms with van der Waals surface area (Å²) in [6.45, 7) is 3.00. The number of amides is 1. The van der Waals surface area contributed by atoms with E-state index in [1.807, 2.05) is 0 Å². The first kappa shape index (κ1) is 16.0. The highest BCUT2D eigenvalue weighted by molar-refractivity contribution is 6.04. The van der Waals surface area contributed by atoms with E-state index < -0.39 is 24.2 Å². The summed E-state index contributed by atoms with van der Waals surface area (Å²) in [5.74, 6) is -7.91. The highest BCUT2D eigenvalue weighted by Gasteiger charge is 2.49. The Morgan fingerprint density at radius 3 is 2.55 bits per heavy atom. The smallest absolute Gasteiger partial charge is 0.383 e. The van der Waals surface area contributed by atoms with Crippen LogP contribution in [0, 0.1) is 6.92 Å². The van der Waals surface area contributed by atoms with Crippen LogP contribution >= 0.6 is 0 Å². The number of H-pyrrole nitrogens is 1. The van der Waals surface area contributed by atoms with Gasteiger partial charge in [0.05, 0.1) is 12.3 Å². The molecule has 20 heavy (non-hydrogen) atoms. The molecule has 0 aromatic carbocycles. The lowest BCUT2D eigenvalue weighted by Gasteiger charge is -2.14. The number of rotatable bonds is 5. The van der Waals surface area contributed by atoms with Crippen LogP contribution in [0.5, 0.6) is 0 Å². The number of carbonyl (C=O) groups is 2. The summed E-state index contributed by atoms with van der Waals surface area (Å²) in [5.41, 5.74) is -0.282. The van der Waals surface area contributed by atoms with Crippen molar-refractivity contribution >= 4 is 17.6 Å². The first-order valence-electron chi connectivity index (χ1n) is 5.54. The number of alkyl halides is 4. The molecule has 5 nitrogen and oxygen atoms in total. The Kier molecular flexibility index (Phi) is 4.74. The van der Waals surface area contributed by atoms with Crippen LogP contribution in [0.15, 0.2) is 6.20 Å². The molecule has 0 unspecified atom stereocenters. The highest BCUT2D eigenvalue weighted by Crippen LogP contribution is 2.27. The lowest BCUT2D eigenvalue weighted by Crippen LogP contribution is -2.41. The van der Waals surface area contributed by atoms with E-state index in [9.17, 15) is 27.2 Å². The molecule has 1 aromatic heterocycles. The molecule has 112 valence electrons. The fraction of sp³-hybridized carbons (Fsp3) is 0.455. The number of aryl methyl sites for hydroxylation is 1. The van der Waals surface area contributed by atoms with Crippen LogP contribution in [0.2, 0.25) is 0 Å². The summed E-state index contributed by atoms with van der Waals surface area (Å²) in [6.07, 6.45) is -3.10. The lowest BCUT2D eigenvalue weighted by molar-refractivity contribution is -0.163. The van der Waals surface area contributed by atoms with Gasteiger partial charge in [0.1, 0.15) is 5.56 Å². The molecule has 2 N–H and O–H groups in total. The van der Waals surface area contributed by atoms with Crippen LogP contribution in [-0.4, -0.2) is 35.8 Å². The molecule has 0 bridgehead atoms. The number of esters is 1. The fourth-order valence-corrected chi connectivity index (χ4v) is 1.40. The van der Waals surface area contributed by atoms with Crippen molar-refractivity contribution < 1.29 is 31.9 Å². The van der Waals surface area contributed by atoms with Crippen LogP contribution in [0.1, 0.15) is 23.0 Å². The molecule has 0 saturated carbocycles. The number of carbonyl (C=O) groups excluding carboxylic acids is 2. The van der Waals surface area contributed by atoms with Crippen LogP contribution < -0.4 is 5.32 Å². The third-order valence-corrected chi connectivity index (χ3v) is 2.38. The summed E-state index contributed by atoms with van der Waals surface area (Å²) in [4.78, 5) is 25.2. The second-order valence-corrected chi connectivity index (χ2v) is 3.80. The van der Waals surface area contributed by atoms with E-state index in [2.05, 4.69) is 9.72 Å². The molecule has 0 aliphatic carbocycles. The molecule has 0 fully saturated rings. The Hall–Kier alpha value is -2.06. The average molecular weight is 296 g/mol. The van der Waals surface area contributed by atoms with E-state index in [0.29, 0.717) is 0 Å². The zero-order valence-corrected chi connectivity index (χ0v) is 10.6. The first-order chi connectivity index (χ1) is 9.21. The standard InChI is InChI=1S/C11H12F4N2O3/c1-3-20-8(18)7-5(2)16-4-6(7)17-10(19)11(14,15)9(12)13/h4,9,16H,3H2,1-2H3,(H,17,19). The predicted molar refractivity (Wildman–Crippen MR) is 61.1 cm³/mol. The number of hydrogen-bond donors (Lipinski definition) is 2. The monoisotopic (exact) mass is 296 g/mol. The van der Waals surface area contributed by atoms with E-state index in [4.69, 9.17) is 0 Å². The van der Waals surface area contributed by atoms with E-state index in [1.54, 1.807) is 5.32 Å². The van der Waals surface area contributed by atoms with Gasteiger partial charge in [-0.3, -0.25) is 4.79 Å². The maximum Gasteiger partial charge on any atom is 0.383 e. The van der Waals surface area contributed by atoms with Crippen LogP contribution in [-0.2, 0) is 9.53 Å². The second-order valence-electron chi connectivity index (χ2n) is 3.80. The molecule has 0 radical (unpaired) electrons. The van der Waals surface area contributed by atoms with E-state index in [1.165, 1.54) is 13.8 Å². The number of halogens is 4. The zero-order valence-electron chi connectivity index (χ0n) is 10.6. The Balaban J connectivity index is 3.00. The van der Waals surface area contributed by atoms with Gasteiger partial charge in [-0.2, -0.15) is 8.78 Å². The molecule has 1 aromatic rings. The van der Waals surface area contributed by atoms with Crippen LogP contribution in [0.3, 0.4) is 0 Å². The molecular formula is C11H12F4N2O3. The third-order valence-electron chi connectivity index (χ3n) is 2.38. The van der Waals surface area contributed by atoms with Crippen molar-refractivity contribution in [2.24, 2.45) is 0 Å². The van der Waals surface area contributed by atoms with Crippen LogP contribution in [0.4, 0.5) is 23.2 Å². The third kappa shape index (κ3) is 3.09. The number of ether oxygens (including phenoxy) is 1. The van der Waals surface area contributed by atoms with Gasteiger partial charge in [-0.15, -0.1) is 0 Å². The molecule has 0 spiro atoms. The van der Waals surface area contributed by atoms with Gasteiger partial charge >= 0.3 is 24.2 Å². The van der Waals surface area contributed by atoms with Gasteiger partial charge in [0, 0.05) is 11.9 Å². The van der Waals surface area contributed by atoms with Crippen molar-refractivity contribution in [3.05, 3.63) is 17.5 Å². The Morgan fingerprint density at radius 2 is 2.05 bits per heavy atom. The van der Waals surface area contributed by atoms with Gasteiger partial charge in [-0.05, 0) is 13.8 Å². The minimum Gasteiger partial charge on any atom is -0.462 e. The molecule has 1 rings (SSSR count). The van der Waals surface area contributed by atoms with E-state index in [0.717, 1.165) is 6.20 Å². The van der Waals surface area contributed by atoms with Gasteiger partial charge < -0.3 is 15.0 Å². The molecule has 9 heteroatoms. The summed E-state index contributed by atoms with van der Waals surface area (Å²) >= 11 is 0. The largest absolute Gasteiger partial charge is 0.462 e. The van der Waals surface area contributed by atoms with Crippen LogP contribution in [0.25, 0.3) is 0 Å². The van der Waals surface area contributed by atoms with Crippen molar-refractivity contribution in [2.75, 3.05) is 11.9 Å².